The molecule has 2 aromatic rings. The van der Waals surface area contributed by atoms with E-state index in [1.165, 1.54) is 0 Å². The zero-order chi connectivity index (χ0) is 26.0. The maximum Gasteiger partial charge on any atom is 0.243 e. The number of rotatable bonds is 13. The van der Waals surface area contributed by atoms with Gasteiger partial charge in [0.15, 0.2) is 11.5 Å². The smallest absolute Gasteiger partial charge is 0.243 e. The number of hydrogen-bond donors (Lipinski definition) is 1. The van der Waals surface area contributed by atoms with Crippen molar-refractivity contribution in [2.45, 2.75) is 72.5 Å². The Kier molecular flexibility index (Phi) is 11.7. The van der Waals surface area contributed by atoms with E-state index >= 15 is 0 Å². The summed E-state index contributed by atoms with van der Waals surface area (Å²) in [5.74, 6) is 0.981. The number of aryl methyl sites for hydroxylation is 1. The minimum Gasteiger partial charge on any atom is -0.490 e. The van der Waals surface area contributed by atoms with Crippen LogP contribution in [0.1, 0.15) is 58.6 Å². The number of ether oxygens (including phenoxy) is 2. The van der Waals surface area contributed by atoms with E-state index in [2.05, 4.69) is 5.32 Å². The first-order valence-electron chi connectivity index (χ1n) is 12.1. The van der Waals surface area contributed by atoms with Gasteiger partial charge in [-0.15, -0.1) is 0 Å². The highest BCUT2D eigenvalue weighted by Gasteiger charge is 2.29. The van der Waals surface area contributed by atoms with Crippen LogP contribution in [0.3, 0.4) is 0 Å². The average Bonchev–Trinajstić information content (AvgIpc) is 2.80. The van der Waals surface area contributed by atoms with Crippen LogP contribution < -0.4 is 14.8 Å². The van der Waals surface area contributed by atoms with Gasteiger partial charge < -0.3 is 19.7 Å². The number of carbonyl (C=O) groups is 2. The van der Waals surface area contributed by atoms with E-state index in [4.69, 9.17) is 32.7 Å². The van der Waals surface area contributed by atoms with E-state index in [9.17, 15) is 9.59 Å². The predicted molar refractivity (Wildman–Crippen MR) is 141 cm³/mol. The molecule has 8 heteroatoms. The monoisotopic (exact) mass is 522 g/mol. The van der Waals surface area contributed by atoms with E-state index < -0.39 is 6.04 Å². The van der Waals surface area contributed by atoms with Crippen molar-refractivity contribution in [1.29, 1.82) is 0 Å². The number of nitrogens with zero attached hydrogens (tertiary/aromatic N) is 1. The van der Waals surface area contributed by atoms with Gasteiger partial charge in [0.2, 0.25) is 11.8 Å². The molecule has 35 heavy (non-hydrogen) atoms. The van der Waals surface area contributed by atoms with Crippen LogP contribution in [-0.4, -0.2) is 42.0 Å². The summed E-state index contributed by atoms with van der Waals surface area (Å²) >= 11 is 12.8. The van der Waals surface area contributed by atoms with Crippen LogP contribution in [-0.2, 0) is 22.6 Å². The molecule has 192 valence electrons. The molecule has 2 aromatic carbocycles. The highest BCUT2D eigenvalue weighted by Crippen LogP contribution is 2.30. The van der Waals surface area contributed by atoms with E-state index in [0.29, 0.717) is 53.2 Å². The lowest BCUT2D eigenvalue weighted by Gasteiger charge is -2.32. The molecular formula is C27H36Cl2N2O4. The van der Waals surface area contributed by atoms with Crippen molar-refractivity contribution in [3.63, 3.8) is 0 Å². The Morgan fingerprint density at radius 2 is 1.60 bits per heavy atom. The van der Waals surface area contributed by atoms with Gasteiger partial charge in [-0.2, -0.15) is 0 Å². The Bertz CT molecular complexity index is 977. The minimum absolute atomic E-state index is 0.0433. The average molecular weight is 524 g/mol. The summed E-state index contributed by atoms with van der Waals surface area (Å²) in [7, 11) is 0. The molecule has 0 saturated heterocycles. The highest BCUT2D eigenvalue weighted by atomic mass is 35.5. The van der Waals surface area contributed by atoms with Gasteiger partial charge in [0, 0.05) is 34.6 Å². The Morgan fingerprint density at radius 3 is 2.17 bits per heavy atom. The number of nitrogens with one attached hydrogen (secondary N) is 1. The minimum atomic E-state index is -0.642. The van der Waals surface area contributed by atoms with Crippen molar-refractivity contribution in [2.24, 2.45) is 0 Å². The summed E-state index contributed by atoms with van der Waals surface area (Å²) in [6, 6.07) is 10.2. The second kappa shape index (κ2) is 14.2. The lowest BCUT2D eigenvalue weighted by atomic mass is 10.1. The zero-order valence-electron chi connectivity index (χ0n) is 21.2. The molecule has 0 bridgehead atoms. The summed E-state index contributed by atoms with van der Waals surface area (Å²) in [5, 5.41) is 3.85. The van der Waals surface area contributed by atoms with Crippen LogP contribution in [0.15, 0.2) is 36.4 Å². The summed E-state index contributed by atoms with van der Waals surface area (Å²) in [4.78, 5) is 28.1. The van der Waals surface area contributed by atoms with Gasteiger partial charge in [-0.25, -0.2) is 0 Å². The maximum absolute atomic E-state index is 13.5. The molecule has 2 rings (SSSR count). The molecule has 6 nitrogen and oxygen atoms in total. The number of benzene rings is 2. The van der Waals surface area contributed by atoms with Gasteiger partial charge >= 0.3 is 0 Å². The molecule has 2 amide bonds. The van der Waals surface area contributed by atoms with Crippen molar-refractivity contribution in [2.75, 3.05) is 13.2 Å². The molecule has 0 aliphatic rings. The topological polar surface area (TPSA) is 67.9 Å². The van der Waals surface area contributed by atoms with Crippen molar-refractivity contribution < 1.29 is 19.1 Å². The van der Waals surface area contributed by atoms with Gasteiger partial charge in [0.1, 0.15) is 6.04 Å². The normalized spacial score (nSPS) is 11.8. The van der Waals surface area contributed by atoms with Crippen LogP contribution >= 0.6 is 23.2 Å². The van der Waals surface area contributed by atoms with Crippen LogP contribution in [0.2, 0.25) is 10.0 Å². The van der Waals surface area contributed by atoms with Crippen LogP contribution in [0.25, 0.3) is 0 Å². The van der Waals surface area contributed by atoms with Crippen LogP contribution in [0.4, 0.5) is 0 Å². The number of hydrogen-bond acceptors (Lipinski definition) is 4. The fourth-order valence-electron chi connectivity index (χ4n) is 3.80. The van der Waals surface area contributed by atoms with E-state index in [-0.39, 0.29) is 30.8 Å². The summed E-state index contributed by atoms with van der Waals surface area (Å²) < 4.78 is 11.3. The molecule has 0 spiro atoms. The second-order valence-electron chi connectivity index (χ2n) is 8.46. The molecule has 0 aromatic heterocycles. The lowest BCUT2D eigenvalue weighted by molar-refractivity contribution is -0.141. The first-order valence-corrected chi connectivity index (χ1v) is 12.9. The molecule has 1 unspecified atom stereocenters. The van der Waals surface area contributed by atoms with Gasteiger partial charge in [0.25, 0.3) is 0 Å². The zero-order valence-corrected chi connectivity index (χ0v) is 22.7. The quantitative estimate of drug-likeness (QED) is 0.347. The molecule has 1 atom stereocenters. The number of halogens is 2. The molecule has 0 heterocycles. The molecule has 1 N–H and O–H groups in total. The third-order valence-electron chi connectivity index (χ3n) is 5.44. The third kappa shape index (κ3) is 8.32. The Balaban J connectivity index is 2.29. The van der Waals surface area contributed by atoms with Gasteiger partial charge in [-0.1, -0.05) is 42.3 Å². The largest absolute Gasteiger partial charge is 0.490 e. The van der Waals surface area contributed by atoms with Crippen molar-refractivity contribution in [1.82, 2.24) is 10.2 Å². The first-order chi connectivity index (χ1) is 16.7. The molecule has 0 aliphatic heterocycles. The van der Waals surface area contributed by atoms with Gasteiger partial charge in [-0.05, 0) is 70.4 Å². The molecule has 0 aliphatic carbocycles. The first kappa shape index (κ1) is 28.8. The maximum atomic E-state index is 13.5. The highest BCUT2D eigenvalue weighted by molar-refractivity contribution is 6.36. The summed E-state index contributed by atoms with van der Waals surface area (Å²) in [5.41, 5.74) is 1.57. The second-order valence-corrected chi connectivity index (χ2v) is 9.27. The molecule has 0 radical (unpaired) electrons. The summed E-state index contributed by atoms with van der Waals surface area (Å²) in [6.07, 6.45) is 1.16. The van der Waals surface area contributed by atoms with E-state index in [1.807, 2.05) is 52.8 Å². The van der Waals surface area contributed by atoms with Gasteiger partial charge in [-0.3, -0.25) is 9.59 Å². The molecular weight excluding hydrogens is 487 g/mol. The fourth-order valence-corrected chi connectivity index (χ4v) is 4.32. The third-order valence-corrected chi connectivity index (χ3v) is 6.15. The van der Waals surface area contributed by atoms with E-state index in [1.54, 1.807) is 23.1 Å². The number of amides is 2. The van der Waals surface area contributed by atoms with Crippen LogP contribution in [0.5, 0.6) is 11.5 Å². The predicted octanol–water partition coefficient (Wildman–Crippen LogP) is 6.06. The molecule has 0 saturated carbocycles. The fraction of sp³-hybridized carbons (Fsp3) is 0.481. The number of carbonyl (C=O) groups excluding carboxylic acids is 2. The van der Waals surface area contributed by atoms with E-state index in [0.717, 1.165) is 5.56 Å². The van der Waals surface area contributed by atoms with Crippen LogP contribution in [0, 0.1) is 0 Å². The van der Waals surface area contributed by atoms with Crippen molar-refractivity contribution in [3.05, 3.63) is 57.6 Å². The lowest BCUT2D eigenvalue weighted by Crippen LogP contribution is -2.50. The van der Waals surface area contributed by atoms with Crippen molar-refractivity contribution >= 4 is 35.0 Å². The van der Waals surface area contributed by atoms with Crippen molar-refractivity contribution in [3.8, 4) is 11.5 Å². The standard InChI is InChI=1S/C27H36Cl2N2O4/c1-6-23(27(33)30-18(4)5)31(17-20-21(28)10-9-11-22(20)29)26(32)15-13-19-12-14-24(34-7-2)25(16-19)35-8-3/h9-12,14,16,18,23H,6-8,13,15,17H2,1-5H3,(H,30,33). The Hall–Kier alpha value is -2.44. The SMILES string of the molecule is CCOc1ccc(CCC(=O)N(Cc2c(Cl)cccc2Cl)C(CC)C(=O)NC(C)C)cc1OCC. The Morgan fingerprint density at radius 1 is 0.971 bits per heavy atom. The summed E-state index contributed by atoms with van der Waals surface area (Å²) in [6.45, 7) is 10.7. The molecule has 0 fully saturated rings. The van der Waals surface area contributed by atoms with Gasteiger partial charge in [0.05, 0.1) is 13.2 Å². The Labute approximate surface area is 218 Å².